The zero-order chi connectivity index (χ0) is 15.3. The van der Waals surface area contributed by atoms with Gasteiger partial charge in [0.2, 0.25) is 0 Å². The number of hydrogen-bond donors (Lipinski definition) is 1. The molecule has 1 rings (SSSR count). The third kappa shape index (κ3) is 4.27. The Labute approximate surface area is 122 Å². The minimum absolute atomic E-state index is 0.134. The molecule has 1 aromatic rings. The van der Waals surface area contributed by atoms with E-state index in [9.17, 15) is 4.39 Å². The number of nitrogens with two attached hydrogens (primary N) is 1. The van der Waals surface area contributed by atoms with Crippen LogP contribution in [0.15, 0.2) is 18.2 Å². The third-order valence-corrected chi connectivity index (χ3v) is 3.75. The van der Waals surface area contributed by atoms with Crippen molar-refractivity contribution in [3.8, 4) is 0 Å². The lowest BCUT2D eigenvalue weighted by atomic mass is 10.0. The highest BCUT2D eigenvalue weighted by atomic mass is 19.1. The van der Waals surface area contributed by atoms with E-state index >= 15 is 0 Å². The van der Waals surface area contributed by atoms with Crippen LogP contribution >= 0.6 is 0 Å². The van der Waals surface area contributed by atoms with Gasteiger partial charge in [0.1, 0.15) is 5.82 Å². The van der Waals surface area contributed by atoms with Gasteiger partial charge in [-0.1, -0.05) is 19.1 Å². The van der Waals surface area contributed by atoms with Crippen molar-refractivity contribution in [1.29, 1.82) is 0 Å². The Morgan fingerprint density at radius 1 is 1.30 bits per heavy atom. The van der Waals surface area contributed by atoms with Crippen molar-refractivity contribution < 1.29 is 4.39 Å². The number of likely N-dealkylation sites (N-methyl/N-ethyl adjacent to an activating group) is 2. The SMILES string of the molecule is CCN(C(C)CN(C)C)C(CN)c1ccc(F)c(C)c1. The predicted molar refractivity (Wildman–Crippen MR) is 83.3 cm³/mol. The minimum atomic E-state index is -0.158. The van der Waals surface area contributed by atoms with E-state index < -0.39 is 0 Å². The van der Waals surface area contributed by atoms with Crippen molar-refractivity contribution >= 4 is 0 Å². The van der Waals surface area contributed by atoms with E-state index in [-0.39, 0.29) is 11.9 Å². The van der Waals surface area contributed by atoms with E-state index in [1.54, 1.807) is 6.92 Å². The first-order valence-corrected chi connectivity index (χ1v) is 7.27. The van der Waals surface area contributed by atoms with E-state index in [0.717, 1.165) is 18.7 Å². The van der Waals surface area contributed by atoms with Gasteiger partial charge in [0, 0.05) is 25.2 Å². The Balaban J connectivity index is 2.98. The molecule has 1 aromatic carbocycles. The van der Waals surface area contributed by atoms with Gasteiger partial charge in [-0.15, -0.1) is 0 Å². The van der Waals surface area contributed by atoms with E-state index in [1.165, 1.54) is 6.07 Å². The normalized spacial score (nSPS) is 14.8. The minimum Gasteiger partial charge on any atom is -0.329 e. The smallest absolute Gasteiger partial charge is 0.126 e. The number of benzene rings is 1. The molecule has 2 atom stereocenters. The molecular formula is C16H28FN3. The maximum absolute atomic E-state index is 13.4. The summed E-state index contributed by atoms with van der Waals surface area (Å²) in [6.07, 6.45) is 0. The fourth-order valence-corrected chi connectivity index (χ4v) is 2.81. The molecule has 0 heterocycles. The zero-order valence-corrected chi connectivity index (χ0v) is 13.4. The van der Waals surface area contributed by atoms with Crippen molar-refractivity contribution in [3.05, 3.63) is 35.1 Å². The number of rotatable bonds is 7. The molecule has 0 fully saturated rings. The molecule has 0 aliphatic rings. The average Bonchev–Trinajstić information content (AvgIpc) is 2.38. The van der Waals surface area contributed by atoms with Crippen molar-refractivity contribution in [1.82, 2.24) is 9.80 Å². The molecule has 0 amide bonds. The Morgan fingerprint density at radius 2 is 1.95 bits per heavy atom. The molecule has 3 nitrogen and oxygen atoms in total. The van der Waals surface area contributed by atoms with Crippen LogP contribution in [-0.2, 0) is 0 Å². The summed E-state index contributed by atoms with van der Waals surface area (Å²) >= 11 is 0. The average molecular weight is 281 g/mol. The van der Waals surface area contributed by atoms with Crippen molar-refractivity contribution in [2.45, 2.75) is 32.9 Å². The van der Waals surface area contributed by atoms with E-state index in [4.69, 9.17) is 5.73 Å². The van der Waals surface area contributed by atoms with Crippen LogP contribution in [0.25, 0.3) is 0 Å². The van der Waals surface area contributed by atoms with Crippen LogP contribution in [-0.4, -0.2) is 49.6 Å². The summed E-state index contributed by atoms with van der Waals surface area (Å²) in [5, 5.41) is 0. The molecule has 0 spiro atoms. The molecule has 0 saturated heterocycles. The van der Waals surface area contributed by atoms with Crippen LogP contribution in [0, 0.1) is 12.7 Å². The van der Waals surface area contributed by atoms with Crippen molar-refractivity contribution in [2.24, 2.45) is 5.73 Å². The highest BCUT2D eigenvalue weighted by Gasteiger charge is 2.23. The molecular weight excluding hydrogens is 253 g/mol. The molecule has 2 unspecified atom stereocenters. The molecule has 20 heavy (non-hydrogen) atoms. The second-order valence-corrected chi connectivity index (χ2v) is 5.70. The third-order valence-electron chi connectivity index (χ3n) is 3.75. The second-order valence-electron chi connectivity index (χ2n) is 5.70. The zero-order valence-electron chi connectivity index (χ0n) is 13.4. The summed E-state index contributed by atoms with van der Waals surface area (Å²) in [5.74, 6) is -0.158. The Kier molecular flexibility index (Phi) is 6.59. The van der Waals surface area contributed by atoms with Crippen LogP contribution in [0.2, 0.25) is 0 Å². The van der Waals surface area contributed by atoms with Crippen molar-refractivity contribution in [3.63, 3.8) is 0 Å². The molecule has 114 valence electrons. The lowest BCUT2D eigenvalue weighted by molar-refractivity contribution is 0.131. The summed E-state index contributed by atoms with van der Waals surface area (Å²) in [4.78, 5) is 4.56. The molecule has 0 bridgehead atoms. The first-order valence-electron chi connectivity index (χ1n) is 7.27. The van der Waals surface area contributed by atoms with Crippen LogP contribution in [0.4, 0.5) is 4.39 Å². The first-order chi connectivity index (χ1) is 9.40. The first kappa shape index (κ1) is 17.1. The van der Waals surface area contributed by atoms with Gasteiger partial charge < -0.3 is 10.6 Å². The topological polar surface area (TPSA) is 32.5 Å². The number of aryl methyl sites for hydroxylation is 1. The molecule has 2 N–H and O–H groups in total. The highest BCUT2D eigenvalue weighted by Crippen LogP contribution is 2.24. The lowest BCUT2D eigenvalue weighted by Crippen LogP contribution is -2.44. The van der Waals surface area contributed by atoms with Crippen LogP contribution in [0.3, 0.4) is 0 Å². The Hall–Kier alpha value is -0.970. The molecule has 0 aliphatic carbocycles. The lowest BCUT2D eigenvalue weighted by Gasteiger charge is -2.36. The fraction of sp³-hybridized carbons (Fsp3) is 0.625. The summed E-state index contributed by atoms with van der Waals surface area (Å²) < 4.78 is 13.4. The summed E-state index contributed by atoms with van der Waals surface area (Å²) in [5.41, 5.74) is 7.76. The van der Waals surface area contributed by atoms with Crippen LogP contribution in [0.1, 0.15) is 31.0 Å². The van der Waals surface area contributed by atoms with Gasteiger partial charge in [-0.05, 0) is 51.7 Å². The molecule has 0 aromatic heterocycles. The highest BCUT2D eigenvalue weighted by molar-refractivity contribution is 5.27. The maximum Gasteiger partial charge on any atom is 0.126 e. The number of halogens is 1. The van der Waals surface area contributed by atoms with Crippen LogP contribution < -0.4 is 5.73 Å². The van der Waals surface area contributed by atoms with E-state index in [2.05, 4.69) is 37.7 Å². The van der Waals surface area contributed by atoms with Crippen LogP contribution in [0.5, 0.6) is 0 Å². The second kappa shape index (κ2) is 7.72. The van der Waals surface area contributed by atoms with E-state index in [1.807, 2.05) is 12.1 Å². The van der Waals surface area contributed by atoms with Gasteiger partial charge in [-0.25, -0.2) is 4.39 Å². The standard InChI is InChI=1S/C16H28FN3/c1-6-20(13(3)11-19(4)5)16(10-18)14-7-8-15(17)12(2)9-14/h7-9,13,16H,6,10-11,18H2,1-5H3. The quantitative estimate of drug-likeness (QED) is 0.833. The Bertz CT molecular complexity index is 420. The van der Waals surface area contributed by atoms with Gasteiger partial charge in [-0.2, -0.15) is 0 Å². The largest absolute Gasteiger partial charge is 0.329 e. The molecule has 4 heteroatoms. The van der Waals surface area contributed by atoms with Gasteiger partial charge in [0.25, 0.3) is 0 Å². The van der Waals surface area contributed by atoms with Gasteiger partial charge in [0.15, 0.2) is 0 Å². The summed E-state index contributed by atoms with van der Waals surface area (Å²) in [7, 11) is 4.15. The predicted octanol–water partition coefficient (Wildman–Crippen LogP) is 2.41. The van der Waals surface area contributed by atoms with Gasteiger partial charge in [-0.3, -0.25) is 4.90 Å². The Morgan fingerprint density at radius 3 is 2.40 bits per heavy atom. The monoisotopic (exact) mass is 281 g/mol. The van der Waals surface area contributed by atoms with Crippen molar-refractivity contribution in [2.75, 3.05) is 33.7 Å². The number of nitrogens with zero attached hydrogens (tertiary/aromatic N) is 2. The number of hydrogen-bond acceptors (Lipinski definition) is 3. The van der Waals surface area contributed by atoms with Gasteiger partial charge in [0.05, 0.1) is 0 Å². The fourth-order valence-electron chi connectivity index (χ4n) is 2.81. The van der Waals surface area contributed by atoms with Gasteiger partial charge >= 0.3 is 0 Å². The maximum atomic E-state index is 13.4. The van der Waals surface area contributed by atoms with E-state index in [0.29, 0.717) is 18.2 Å². The molecule has 0 saturated carbocycles. The molecule has 0 aliphatic heterocycles. The molecule has 0 radical (unpaired) electrons. The summed E-state index contributed by atoms with van der Waals surface area (Å²) in [6.45, 7) is 8.59. The summed E-state index contributed by atoms with van der Waals surface area (Å²) in [6, 6.07) is 5.84.